The monoisotopic (exact) mass is 308 g/mol. The second kappa shape index (κ2) is 17.9. The van der Waals surface area contributed by atoms with E-state index in [0.29, 0.717) is 13.2 Å². The molecule has 0 fully saturated rings. The number of ether oxygens (including phenoxy) is 2. The molecular formula is C13H24O8. The zero-order valence-corrected chi connectivity index (χ0v) is 12.9. The van der Waals surface area contributed by atoms with E-state index < -0.39 is 11.9 Å². The Morgan fingerprint density at radius 1 is 0.667 bits per heavy atom. The summed E-state index contributed by atoms with van der Waals surface area (Å²) in [6.07, 6.45) is 2.54. The largest absolute Gasteiger partial charge is 0.481 e. The Morgan fingerprint density at radius 2 is 0.905 bits per heavy atom. The fraction of sp³-hybridized carbons (Fsp3) is 0.692. The third-order valence-corrected chi connectivity index (χ3v) is 1.40. The molecule has 0 aromatic rings. The fourth-order valence-electron chi connectivity index (χ4n) is 0.813. The molecule has 0 saturated heterocycles. The molecule has 0 radical (unpaired) electrons. The molecule has 0 aliphatic carbocycles. The molecule has 0 saturated carbocycles. The van der Waals surface area contributed by atoms with Crippen molar-refractivity contribution in [2.45, 2.75) is 47.0 Å². The van der Waals surface area contributed by atoms with Crippen LogP contribution in [0.1, 0.15) is 47.0 Å². The van der Waals surface area contributed by atoms with E-state index in [4.69, 9.17) is 29.3 Å². The smallest absolute Gasteiger partial charge is 0.302 e. The maximum Gasteiger partial charge on any atom is 0.302 e. The van der Waals surface area contributed by atoms with Gasteiger partial charge in [-0.25, -0.2) is 0 Å². The number of carbonyl (C=O) groups excluding carboxylic acids is 2. The van der Waals surface area contributed by atoms with E-state index in [2.05, 4.69) is 0 Å². The van der Waals surface area contributed by atoms with Gasteiger partial charge in [0.15, 0.2) is 0 Å². The summed E-state index contributed by atoms with van der Waals surface area (Å²) in [6.45, 7) is 5.85. The van der Waals surface area contributed by atoms with Gasteiger partial charge in [0.1, 0.15) is 0 Å². The van der Waals surface area contributed by atoms with Crippen molar-refractivity contribution >= 4 is 23.9 Å². The Labute approximate surface area is 124 Å². The lowest BCUT2D eigenvalue weighted by atomic mass is 10.2. The standard InChI is InChI=1S/C9H16O4.2C2H4O2/c1-8(10)12-6-4-3-5-7-13-9(2)11;2*1-2(3)4/h3-7H2,1-2H3;2*1H3,(H,3,4). The van der Waals surface area contributed by atoms with Crippen LogP contribution in [-0.2, 0) is 28.7 Å². The fourth-order valence-corrected chi connectivity index (χ4v) is 0.813. The van der Waals surface area contributed by atoms with Crippen molar-refractivity contribution in [2.75, 3.05) is 13.2 Å². The number of aliphatic carboxylic acids is 2. The lowest BCUT2D eigenvalue weighted by Gasteiger charge is -2.02. The van der Waals surface area contributed by atoms with Crippen LogP contribution in [0.25, 0.3) is 0 Å². The Hall–Kier alpha value is -2.12. The zero-order chi connectivity index (χ0) is 17.3. The molecule has 0 atom stereocenters. The van der Waals surface area contributed by atoms with Gasteiger partial charge in [0.05, 0.1) is 13.2 Å². The molecule has 0 aliphatic rings. The second-order valence-electron chi connectivity index (χ2n) is 3.78. The topological polar surface area (TPSA) is 127 Å². The van der Waals surface area contributed by atoms with Gasteiger partial charge in [-0.15, -0.1) is 0 Å². The van der Waals surface area contributed by atoms with E-state index in [-0.39, 0.29) is 11.9 Å². The number of carbonyl (C=O) groups is 4. The normalized spacial score (nSPS) is 8.19. The van der Waals surface area contributed by atoms with Gasteiger partial charge in [-0.2, -0.15) is 0 Å². The lowest BCUT2D eigenvalue weighted by molar-refractivity contribution is -0.141. The summed E-state index contributed by atoms with van der Waals surface area (Å²) in [5.74, 6) is -2.17. The highest BCUT2D eigenvalue weighted by atomic mass is 16.5. The highest BCUT2D eigenvalue weighted by Crippen LogP contribution is 1.96. The minimum Gasteiger partial charge on any atom is -0.481 e. The van der Waals surface area contributed by atoms with E-state index in [9.17, 15) is 9.59 Å². The summed E-state index contributed by atoms with van der Waals surface area (Å²) in [4.78, 5) is 38.7. The van der Waals surface area contributed by atoms with Crippen LogP contribution in [0, 0.1) is 0 Å². The van der Waals surface area contributed by atoms with Crippen LogP contribution < -0.4 is 0 Å². The molecular weight excluding hydrogens is 284 g/mol. The van der Waals surface area contributed by atoms with Crippen LogP contribution in [0.5, 0.6) is 0 Å². The maximum absolute atomic E-state index is 10.3. The minimum atomic E-state index is -0.833. The number of unbranched alkanes of at least 4 members (excludes halogenated alkanes) is 2. The summed E-state index contributed by atoms with van der Waals surface area (Å²) < 4.78 is 9.45. The first-order valence-electron chi connectivity index (χ1n) is 6.25. The number of hydrogen-bond donors (Lipinski definition) is 2. The SMILES string of the molecule is CC(=O)O.CC(=O)O.CC(=O)OCCCCCOC(C)=O. The highest BCUT2D eigenvalue weighted by molar-refractivity contribution is 5.66. The van der Waals surface area contributed by atoms with Crippen LogP contribution >= 0.6 is 0 Å². The molecule has 2 N–H and O–H groups in total. The van der Waals surface area contributed by atoms with Gasteiger partial charge in [-0.1, -0.05) is 0 Å². The molecule has 0 amide bonds. The molecule has 21 heavy (non-hydrogen) atoms. The minimum absolute atomic E-state index is 0.250. The Morgan fingerprint density at radius 3 is 1.10 bits per heavy atom. The maximum atomic E-state index is 10.3. The molecule has 0 heterocycles. The predicted octanol–water partition coefficient (Wildman–Crippen LogP) is 1.46. The van der Waals surface area contributed by atoms with Gasteiger partial charge in [0.25, 0.3) is 11.9 Å². The predicted molar refractivity (Wildman–Crippen MR) is 73.7 cm³/mol. The molecule has 0 unspecified atom stereocenters. The van der Waals surface area contributed by atoms with Crippen molar-refractivity contribution in [3.8, 4) is 0 Å². The van der Waals surface area contributed by atoms with Crippen LogP contribution in [0.4, 0.5) is 0 Å². The van der Waals surface area contributed by atoms with Crippen molar-refractivity contribution in [1.29, 1.82) is 0 Å². The van der Waals surface area contributed by atoms with E-state index in [1.54, 1.807) is 0 Å². The number of esters is 2. The second-order valence-corrected chi connectivity index (χ2v) is 3.78. The molecule has 0 aromatic carbocycles. The van der Waals surface area contributed by atoms with Crippen molar-refractivity contribution < 1.29 is 38.9 Å². The number of hydrogen-bond acceptors (Lipinski definition) is 6. The first kappa shape index (κ1) is 23.9. The van der Waals surface area contributed by atoms with Crippen molar-refractivity contribution in [3.05, 3.63) is 0 Å². The van der Waals surface area contributed by atoms with Crippen molar-refractivity contribution in [1.82, 2.24) is 0 Å². The Balaban J connectivity index is -0.000000334. The summed E-state index contributed by atoms with van der Waals surface area (Å²) in [7, 11) is 0. The highest BCUT2D eigenvalue weighted by Gasteiger charge is 1.95. The molecule has 8 nitrogen and oxygen atoms in total. The molecule has 124 valence electrons. The average Bonchev–Trinajstić information content (AvgIpc) is 2.25. The molecule has 8 heteroatoms. The third kappa shape index (κ3) is 72.6. The first-order valence-corrected chi connectivity index (χ1v) is 6.25. The third-order valence-electron chi connectivity index (χ3n) is 1.40. The molecule has 0 aliphatic heterocycles. The van der Waals surface area contributed by atoms with Gasteiger partial charge >= 0.3 is 11.9 Å². The van der Waals surface area contributed by atoms with E-state index in [0.717, 1.165) is 33.1 Å². The van der Waals surface area contributed by atoms with E-state index in [1.165, 1.54) is 13.8 Å². The summed E-state index contributed by atoms with van der Waals surface area (Å²) >= 11 is 0. The molecule has 0 bridgehead atoms. The van der Waals surface area contributed by atoms with Crippen LogP contribution in [0.15, 0.2) is 0 Å². The Bertz CT molecular complexity index is 273. The summed E-state index contributed by atoms with van der Waals surface area (Å²) in [5.41, 5.74) is 0. The number of rotatable bonds is 6. The molecule has 0 spiro atoms. The van der Waals surface area contributed by atoms with Crippen molar-refractivity contribution in [3.63, 3.8) is 0 Å². The molecule has 0 rings (SSSR count). The van der Waals surface area contributed by atoms with Crippen molar-refractivity contribution in [2.24, 2.45) is 0 Å². The van der Waals surface area contributed by atoms with Crippen LogP contribution in [0.3, 0.4) is 0 Å². The van der Waals surface area contributed by atoms with Gasteiger partial charge in [0, 0.05) is 27.7 Å². The zero-order valence-electron chi connectivity index (χ0n) is 12.9. The quantitative estimate of drug-likeness (QED) is 0.557. The summed E-state index contributed by atoms with van der Waals surface area (Å²) in [5, 5.41) is 14.8. The Kier molecular flexibility index (Phi) is 20.4. The first-order chi connectivity index (χ1) is 9.59. The molecule has 0 aromatic heterocycles. The van der Waals surface area contributed by atoms with E-state index >= 15 is 0 Å². The van der Waals surface area contributed by atoms with Crippen LogP contribution in [0.2, 0.25) is 0 Å². The van der Waals surface area contributed by atoms with Gasteiger partial charge in [0.2, 0.25) is 0 Å². The summed E-state index contributed by atoms with van der Waals surface area (Å²) in [6, 6.07) is 0. The number of carboxylic acid groups (broad SMARTS) is 2. The van der Waals surface area contributed by atoms with E-state index in [1.807, 2.05) is 0 Å². The number of carboxylic acids is 2. The lowest BCUT2D eigenvalue weighted by Crippen LogP contribution is -2.03. The van der Waals surface area contributed by atoms with Gasteiger partial charge in [-0.3, -0.25) is 19.2 Å². The van der Waals surface area contributed by atoms with Gasteiger partial charge in [-0.05, 0) is 19.3 Å². The average molecular weight is 308 g/mol. The van der Waals surface area contributed by atoms with Crippen LogP contribution in [-0.4, -0.2) is 47.3 Å². The van der Waals surface area contributed by atoms with Gasteiger partial charge < -0.3 is 19.7 Å².